The van der Waals surface area contributed by atoms with Gasteiger partial charge in [0.15, 0.2) is 11.5 Å². The molecule has 0 unspecified atom stereocenters. The Labute approximate surface area is 160 Å². The van der Waals surface area contributed by atoms with Crippen molar-refractivity contribution in [1.82, 2.24) is 10.2 Å². The maximum Gasteiger partial charge on any atom is 0.247 e. The molecular formula is C19H27ClN2O4. The first-order chi connectivity index (χ1) is 12.3. The highest BCUT2D eigenvalue weighted by atomic mass is 35.5. The zero-order chi connectivity index (χ0) is 19.7. The number of carbonyl (C=O) groups excluding carboxylic acids is 2. The third-order valence-electron chi connectivity index (χ3n) is 3.44. The first-order valence-corrected chi connectivity index (χ1v) is 8.96. The second-order valence-corrected chi connectivity index (χ2v) is 6.28. The highest BCUT2D eigenvalue weighted by molar-refractivity contribution is 6.32. The summed E-state index contributed by atoms with van der Waals surface area (Å²) in [5, 5.41) is 3.18. The van der Waals surface area contributed by atoms with Gasteiger partial charge >= 0.3 is 0 Å². The van der Waals surface area contributed by atoms with Crippen LogP contribution in [0.5, 0.6) is 11.5 Å². The molecule has 0 spiro atoms. The third kappa shape index (κ3) is 6.59. The Bertz CT molecular complexity index is 659. The van der Waals surface area contributed by atoms with Gasteiger partial charge in [0, 0.05) is 18.7 Å². The third-order valence-corrected chi connectivity index (χ3v) is 3.72. The van der Waals surface area contributed by atoms with E-state index in [1.54, 1.807) is 18.2 Å². The van der Waals surface area contributed by atoms with E-state index in [4.69, 9.17) is 21.1 Å². The van der Waals surface area contributed by atoms with E-state index >= 15 is 0 Å². The van der Waals surface area contributed by atoms with Crippen LogP contribution in [0.3, 0.4) is 0 Å². The van der Waals surface area contributed by atoms with E-state index in [0.29, 0.717) is 35.2 Å². The molecule has 0 aliphatic heterocycles. The highest BCUT2D eigenvalue weighted by Crippen LogP contribution is 2.36. The monoisotopic (exact) mass is 382 g/mol. The Kier molecular flexibility index (Phi) is 8.99. The average molecular weight is 383 g/mol. The standard InChI is InChI=1S/C19H27ClN2O4/c1-6-22(12-17(23)21-13(3)4)18(24)9-8-14-10-15(20)19(26-7-2)16(11-14)25-5/h8-11,13H,6-7,12H2,1-5H3,(H,21,23)/b9-8+. The number of benzene rings is 1. The summed E-state index contributed by atoms with van der Waals surface area (Å²) < 4.78 is 10.8. The van der Waals surface area contributed by atoms with Gasteiger partial charge in [-0.25, -0.2) is 0 Å². The van der Waals surface area contributed by atoms with Crippen LogP contribution in [0.4, 0.5) is 0 Å². The Hall–Kier alpha value is -2.21. The number of carbonyl (C=O) groups is 2. The summed E-state index contributed by atoms with van der Waals surface area (Å²) >= 11 is 6.23. The van der Waals surface area contributed by atoms with E-state index in [0.717, 1.165) is 0 Å². The van der Waals surface area contributed by atoms with Gasteiger partial charge in [-0.2, -0.15) is 0 Å². The van der Waals surface area contributed by atoms with Crippen LogP contribution >= 0.6 is 11.6 Å². The fourth-order valence-electron chi connectivity index (χ4n) is 2.28. The zero-order valence-corrected chi connectivity index (χ0v) is 16.7. The van der Waals surface area contributed by atoms with Crippen LogP contribution in [-0.4, -0.2) is 49.6 Å². The van der Waals surface area contributed by atoms with Crippen molar-refractivity contribution in [2.45, 2.75) is 33.7 Å². The first kappa shape index (κ1) is 21.8. The second kappa shape index (κ2) is 10.7. The Morgan fingerprint density at radius 2 is 2.00 bits per heavy atom. The molecule has 0 atom stereocenters. The van der Waals surface area contributed by atoms with Crippen LogP contribution < -0.4 is 14.8 Å². The van der Waals surface area contributed by atoms with E-state index in [2.05, 4.69) is 5.32 Å². The zero-order valence-electron chi connectivity index (χ0n) is 16.0. The number of methoxy groups -OCH3 is 1. The molecule has 0 aliphatic carbocycles. The molecule has 0 radical (unpaired) electrons. The Morgan fingerprint density at radius 1 is 1.31 bits per heavy atom. The lowest BCUT2D eigenvalue weighted by Crippen LogP contribution is -2.42. The highest BCUT2D eigenvalue weighted by Gasteiger charge is 2.14. The van der Waals surface area contributed by atoms with Crippen molar-refractivity contribution in [3.63, 3.8) is 0 Å². The summed E-state index contributed by atoms with van der Waals surface area (Å²) in [6.07, 6.45) is 3.05. The van der Waals surface area contributed by atoms with Crippen LogP contribution in [0.1, 0.15) is 33.3 Å². The molecule has 0 saturated heterocycles. The summed E-state index contributed by atoms with van der Waals surface area (Å²) in [6.45, 7) is 8.35. The summed E-state index contributed by atoms with van der Waals surface area (Å²) in [5.74, 6) is 0.528. The minimum atomic E-state index is -0.254. The second-order valence-electron chi connectivity index (χ2n) is 5.88. The lowest BCUT2D eigenvalue weighted by atomic mass is 10.2. The van der Waals surface area contributed by atoms with Gasteiger partial charge in [-0.1, -0.05) is 11.6 Å². The predicted molar refractivity (Wildman–Crippen MR) is 104 cm³/mol. The summed E-state index contributed by atoms with van der Waals surface area (Å²) in [5.41, 5.74) is 0.700. The van der Waals surface area contributed by atoms with Crippen LogP contribution in [0.15, 0.2) is 18.2 Å². The van der Waals surface area contributed by atoms with E-state index < -0.39 is 0 Å². The number of amides is 2. The van der Waals surface area contributed by atoms with Crippen LogP contribution in [0.2, 0.25) is 5.02 Å². The molecule has 0 bridgehead atoms. The smallest absolute Gasteiger partial charge is 0.247 e. The van der Waals surface area contributed by atoms with E-state index in [-0.39, 0.29) is 24.4 Å². The summed E-state index contributed by atoms with van der Waals surface area (Å²) in [4.78, 5) is 25.7. The number of ether oxygens (including phenoxy) is 2. The molecule has 0 aliphatic rings. The number of halogens is 1. The number of hydrogen-bond acceptors (Lipinski definition) is 4. The number of hydrogen-bond donors (Lipinski definition) is 1. The minimum Gasteiger partial charge on any atom is -0.493 e. The van der Waals surface area contributed by atoms with Gasteiger partial charge in [0.25, 0.3) is 0 Å². The topological polar surface area (TPSA) is 67.9 Å². The maximum atomic E-state index is 12.3. The fourth-order valence-corrected chi connectivity index (χ4v) is 2.55. The maximum absolute atomic E-state index is 12.3. The molecule has 1 N–H and O–H groups in total. The van der Waals surface area contributed by atoms with Crippen molar-refractivity contribution in [3.8, 4) is 11.5 Å². The van der Waals surface area contributed by atoms with Crippen LogP contribution in [0.25, 0.3) is 6.08 Å². The summed E-state index contributed by atoms with van der Waals surface area (Å²) in [7, 11) is 1.53. The van der Waals surface area contributed by atoms with Crippen molar-refractivity contribution >= 4 is 29.5 Å². The van der Waals surface area contributed by atoms with Gasteiger partial charge in [-0.05, 0) is 51.5 Å². The molecule has 1 aromatic rings. The molecule has 26 heavy (non-hydrogen) atoms. The summed E-state index contributed by atoms with van der Waals surface area (Å²) in [6, 6.07) is 3.47. The Balaban J connectivity index is 2.89. The van der Waals surface area contributed by atoms with Crippen molar-refractivity contribution in [3.05, 3.63) is 28.8 Å². The van der Waals surface area contributed by atoms with Crippen molar-refractivity contribution in [2.24, 2.45) is 0 Å². The molecule has 0 aromatic heterocycles. The van der Waals surface area contributed by atoms with Crippen molar-refractivity contribution in [1.29, 1.82) is 0 Å². The van der Waals surface area contributed by atoms with Crippen LogP contribution in [-0.2, 0) is 9.59 Å². The largest absolute Gasteiger partial charge is 0.493 e. The van der Waals surface area contributed by atoms with E-state index in [9.17, 15) is 9.59 Å². The number of nitrogens with zero attached hydrogens (tertiary/aromatic N) is 1. The molecule has 144 valence electrons. The molecule has 0 saturated carbocycles. The van der Waals surface area contributed by atoms with Crippen molar-refractivity contribution < 1.29 is 19.1 Å². The van der Waals surface area contributed by atoms with Gasteiger partial charge in [-0.15, -0.1) is 0 Å². The van der Waals surface area contributed by atoms with E-state index in [1.807, 2.05) is 27.7 Å². The van der Waals surface area contributed by atoms with Gasteiger partial charge in [0.2, 0.25) is 11.8 Å². The average Bonchev–Trinajstić information content (AvgIpc) is 2.58. The van der Waals surface area contributed by atoms with Gasteiger partial charge in [0.1, 0.15) is 0 Å². The van der Waals surface area contributed by atoms with Gasteiger partial charge in [-0.3, -0.25) is 9.59 Å². The van der Waals surface area contributed by atoms with Gasteiger partial charge < -0.3 is 19.7 Å². The van der Waals surface area contributed by atoms with E-state index in [1.165, 1.54) is 18.1 Å². The molecule has 0 fully saturated rings. The lowest BCUT2D eigenvalue weighted by Gasteiger charge is -2.19. The molecule has 7 heteroatoms. The quantitative estimate of drug-likeness (QED) is 0.666. The lowest BCUT2D eigenvalue weighted by molar-refractivity contribution is -0.132. The number of nitrogens with one attached hydrogen (secondary N) is 1. The number of rotatable bonds is 9. The molecule has 2 amide bonds. The van der Waals surface area contributed by atoms with Gasteiger partial charge in [0.05, 0.1) is 25.3 Å². The minimum absolute atomic E-state index is 0.0191. The number of likely N-dealkylation sites (N-methyl/N-ethyl adjacent to an activating group) is 1. The molecule has 1 aromatic carbocycles. The normalized spacial score (nSPS) is 10.9. The predicted octanol–water partition coefficient (Wildman–Crippen LogP) is 3.13. The first-order valence-electron chi connectivity index (χ1n) is 8.58. The Morgan fingerprint density at radius 3 is 2.54 bits per heavy atom. The SMILES string of the molecule is CCOc1c(Cl)cc(/C=C/C(=O)N(CC)CC(=O)NC(C)C)cc1OC. The molecular weight excluding hydrogens is 356 g/mol. The molecule has 1 rings (SSSR count). The fraction of sp³-hybridized carbons (Fsp3) is 0.474. The molecule has 6 nitrogen and oxygen atoms in total. The van der Waals surface area contributed by atoms with Crippen LogP contribution in [0, 0.1) is 0 Å². The van der Waals surface area contributed by atoms with Crippen molar-refractivity contribution in [2.75, 3.05) is 26.8 Å². The molecule has 0 heterocycles.